The van der Waals surface area contributed by atoms with Crippen LogP contribution in [-0.2, 0) is 17.0 Å². The van der Waals surface area contributed by atoms with E-state index in [0.717, 1.165) is 16.8 Å². The highest BCUT2D eigenvalue weighted by molar-refractivity contribution is 7.98. The number of nitrogens with zero attached hydrogens (tertiary/aromatic N) is 5. The predicted molar refractivity (Wildman–Crippen MR) is 114 cm³/mol. The van der Waals surface area contributed by atoms with Crippen molar-refractivity contribution in [1.82, 2.24) is 25.3 Å². The minimum absolute atomic E-state index is 0.105. The SMILES string of the molecule is Cc1ccc(NC(=O)CCc2nc(CSc3nnc(-c4cccnc4)o3)no2)cc1C. The molecule has 31 heavy (non-hydrogen) atoms. The van der Waals surface area contributed by atoms with Gasteiger partial charge in [0.2, 0.25) is 17.7 Å². The van der Waals surface area contributed by atoms with Crippen LogP contribution in [0.5, 0.6) is 0 Å². The molecule has 0 aliphatic carbocycles. The Morgan fingerprint density at radius 3 is 2.87 bits per heavy atom. The van der Waals surface area contributed by atoms with E-state index in [1.165, 1.54) is 17.3 Å². The monoisotopic (exact) mass is 436 g/mol. The third-order valence-electron chi connectivity index (χ3n) is 4.51. The molecule has 0 saturated carbocycles. The first-order valence-corrected chi connectivity index (χ1v) is 10.6. The van der Waals surface area contributed by atoms with Crippen LogP contribution in [0, 0.1) is 13.8 Å². The molecule has 4 aromatic rings. The fourth-order valence-electron chi connectivity index (χ4n) is 2.71. The van der Waals surface area contributed by atoms with Crippen LogP contribution in [0.1, 0.15) is 29.3 Å². The van der Waals surface area contributed by atoms with Gasteiger partial charge in [-0.3, -0.25) is 9.78 Å². The normalized spacial score (nSPS) is 10.9. The second-order valence-electron chi connectivity index (χ2n) is 6.86. The number of pyridine rings is 1. The Morgan fingerprint density at radius 2 is 2.06 bits per heavy atom. The van der Waals surface area contributed by atoms with Crippen molar-refractivity contribution in [3.8, 4) is 11.5 Å². The van der Waals surface area contributed by atoms with Gasteiger partial charge in [-0.15, -0.1) is 10.2 Å². The molecule has 9 nitrogen and oxygen atoms in total. The van der Waals surface area contributed by atoms with Gasteiger partial charge in [-0.2, -0.15) is 4.98 Å². The second-order valence-corrected chi connectivity index (χ2v) is 7.78. The molecule has 0 atom stereocenters. The van der Waals surface area contributed by atoms with E-state index in [2.05, 4.69) is 30.6 Å². The summed E-state index contributed by atoms with van der Waals surface area (Å²) >= 11 is 1.31. The van der Waals surface area contributed by atoms with E-state index >= 15 is 0 Å². The van der Waals surface area contributed by atoms with Gasteiger partial charge >= 0.3 is 0 Å². The van der Waals surface area contributed by atoms with Gasteiger partial charge in [0, 0.05) is 30.9 Å². The van der Waals surface area contributed by atoms with E-state index in [1.807, 2.05) is 38.1 Å². The van der Waals surface area contributed by atoms with E-state index in [9.17, 15) is 4.79 Å². The highest BCUT2D eigenvalue weighted by Crippen LogP contribution is 2.24. The van der Waals surface area contributed by atoms with Crippen molar-refractivity contribution < 1.29 is 13.7 Å². The number of thioether (sulfide) groups is 1. The smallest absolute Gasteiger partial charge is 0.277 e. The van der Waals surface area contributed by atoms with Crippen LogP contribution in [-0.4, -0.2) is 31.2 Å². The summed E-state index contributed by atoms with van der Waals surface area (Å²) in [5, 5.41) is 15.2. The molecule has 0 fully saturated rings. The van der Waals surface area contributed by atoms with E-state index < -0.39 is 0 Å². The molecule has 0 saturated heterocycles. The van der Waals surface area contributed by atoms with Crippen molar-refractivity contribution in [2.24, 2.45) is 0 Å². The third kappa shape index (κ3) is 5.54. The van der Waals surface area contributed by atoms with Gasteiger partial charge in [-0.25, -0.2) is 0 Å². The van der Waals surface area contributed by atoms with Gasteiger partial charge in [0.1, 0.15) is 0 Å². The summed E-state index contributed by atoms with van der Waals surface area (Å²) in [6.07, 6.45) is 3.94. The van der Waals surface area contributed by atoms with Crippen molar-refractivity contribution in [2.75, 3.05) is 5.32 Å². The van der Waals surface area contributed by atoms with Crippen molar-refractivity contribution in [1.29, 1.82) is 0 Å². The van der Waals surface area contributed by atoms with Crippen LogP contribution in [0.15, 0.2) is 56.9 Å². The number of amides is 1. The molecule has 4 rings (SSSR count). The van der Waals surface area contributed by atoms with Crippen LogP contribution < -0.4 is 5.32 Å². The van der Waals surface area contributed by atoms with Crippen LogP contribution in [0.25, 0.3) is 11.5 Å². The van der Waals surface area contributed by atoms with E-state index in [1.54, 1.807) is 18.5 Å². The maximum Gasteiger partial charge on any atom is 0.277 e. The summed E-state index contributed by atoms with van der Waals surface area (Å²) in [5.74, 6) is 1.61. The number of carbonyl (C=O) groups is 1. The summed E-state index contributed by atoms with van der Waals surface area (Å²) < 4.78 is 10.8. The fraction of sp³-hybridized carbons (Fsp3) is 0.238. The predicted octanol–water partition coefficient (Wildman–Crippen LogP) is 4.00. The molecular weight excluding hydrogens is 416 g/mol. The number of hydrogen-bond donors (Lipinski definition) is 1. The van der Waals surface area contributed by atoms with Crippen LogP contribution in [0.3, 0.4) is 0 Å². The Bertz CT molecular complexity index is 1170. The summed E-state index contributed by atoms with van der Waals surface area (Å²) in [7, 11) is 0. The largest absolute Gasteiger partial charge is 0.411 e. The molecule has 1 amide bonds. The molecule has 3 aromatic heterocycles. The lowest BCUT2D eigenvalue weighted by molar-refractivity contribution is -0.116. The summed E-state index contributed by atoms with van der Waals surface area (Å²) in [4.78, 5) is 20.5. The molecule has 0 spiro atoms. The Balaban J connectivity index is 1.25. The average molecular weight is 436 g/mol. The number of aromatic nitrogens is 5. The molecule has 10 heteroatoms. The fourth-order valence-corrected chi connectivity index (χ4v) is 3.32. The van der Waals surface area contributed by atoms with Crippen LogP contribution >= 0.6 is 11.8 Å². The molecular formula is C21H20N6O3S. The first kappa shape index (κ1) is 20.7. The number of carbonyl (C=O) groups excluding carboxylic acids is 1. The molecule has 3 heterocycles. The lowest BCUT2D eigenvalue weighted by atomic mass is 10.1. The molecule has 158 valence electrons. The Kier molecular flexibility index (Phi) is 6.37. The molecule has 1 aromatic carbocycles. The third-order valence-corrected chi connectivity index (χ3v) is 5.32. The van der Waals surface area contributed by atoms with Gasteiger partial charge in [-0.05, 0) is 49.2 Å². The molecule has 0 aliphatic rings. The molecule has 1 N–H and O–H groups in total. The van der Waals surface area contributed by atoms with E-state index in [0.29, 0.717) is 35.0 Å². The zero-order valence-electron chi connectivity index (χ0n) is 17.0. The number of aryl methyl sites for hydroxylation is 3. The van der Waals surface area contributed by atoms with Gasteiger partial charge < -0.3 is 14.3 Å². The van der Waals surface area contributed by atoms with E-state index in [-0.39, 0.29) is 12.3 Å². The standard InChI is InChI=1S/C21H20N6O3S/c1-13-5-6-16(10-14(13)2)23-18(28)7-8-19-24-17(27-30-19)12-31-21-26-25-20(29-21)15-4-3-9-22-11-15/h3-6,9-11H,7-8,12H2,1-2H3,(H,23,28). The summed E-state index contributed by atoms with van der Waals surface area (Å²) in [5.41, 5.74) is 3.84. The van der Waals surface area contributed by atoms with Crippen molar-refractivity contribution in [2.45, 2.75) is 37.7 Å². The van der Waals surface area contributed by atoms with Crippen LogP contribution in [0.2, 0.25) is 0 Å². The maximum absolute atomic E-state index is 12.2. The lowest BCUT2D eigenvalue weighted by Crippen LogP contribution is -2.12. The number of nitrogens with one attached hydrogen (secondary N) is 1. The Labute approximate surface area is 182 Å². The molecule has 0 aliphatic heterocycles. The lowest BCUT2D eigenvalue weighted by Gasteiger charge is -2.06. The minimum atomic E-state index is -0.105. The topological polar surface area (TPSA) is 120 Å². The van der Waals surface area contributed by atoms with E-state index in [4.69, 9.17) is 8.94 Å². The number of anilines is 1. The van der Waals surface area contributed by atoms with Crippen LogP contribution in [0.4, 0.5) is 5.69 Å². The Hall–Kier alpha value is -3.53. The zero-order chi connectivity index (χ0) is 21.6. The molecule has 0 bridgehead atoms. The van der Waals surface area contributed by atoms with Crippen molar-refractivity contribution in [3.05, 3.63) is 65.6 Å². The number of benzene rings is 1. The van der Waals surface area contributed by atoms with Crippen molar-refractivity contribution >= 4 is 23.4 Å². The second kappa shape index (κ2) is 9.52. The minimum Gasteiger partial charge on any atom is -0.411 e. The summed E-state index contributed by atoms with van der Waals surface area (Å²) in [6.45, 7) is 4.04. The van der Waals surface area contributed by atoms with Gasteiger partial charge in [-0.1, -0.05) is 23.0 Å². The first-order valence-electron chi connectivity index (χ1n) is 9.62. The number of hydrogen-bond acceptors (Lipinski definition) is 9. The highest BCUT2D eigenvalue weighted by Gasteiger charge is 2.13. The number of rotatable bonds is 8. The average Bonchev–Trinajstić information content (AvgIpc) is 3.44. The zero-order valence-corrected chi connectivity index (χ0v) is 17.8. The Morgan fingerprint density at radius 1 is 1.16 bits per heavy atom. The first-order chi connectivity index (χ1) is 15.1. The van der Waals surface area contributed by atoms with Gasteiger partial charge in [0.15, 0.2) is 5.82 Å². The quantitative estimate of drug-likeness (QED) is 0.409. The van der Waals surface area contributed by atoms with Gasteiger partial charge in [0.25, 0.3) is 5.22 Å². The molecule has 0 unspecified atom stereocenters. The highest BCUT2D eigenvalue weighted by atomic mass is 32.2. The maximum atomic E-state index is 12.2. The van der Waals surface area contributed by atoms with Crippen molar-refractivity contribution in [3.63, 3.8) is 0 Å². The summed E-state index contributed by atoms with van der Waals surface area (Å²) in [6, 6.07) is 9.47. The molecule has 0 radical (unpaired) electrons. The van der Waals surface area contributed by atoms with Gasteiger partial charge in [0.05, 0.1) is 11.3 Å².